The topological polar surface area (TPSA) is 153 Å². The van der Waals surface area contributed by atoms with E-state index in [0.717, 1.165) is 72.8 Å². The number of carbonyl (C=O) groups excluding carboxylic acids is 1. The lowest BCUT2D eigenvalue weighted by Gasteiger charge is -2.36. The van der Waals surface area contributed by atoms with E-state index in [9.17, 15) is 14.7 Å². The molecular weight excluding hydrogens is 612 g/mol. The van der Waals surface area contributed by atoms with Gasteiger partial charge in [-0.05, 0) is 74.2 Å². The molecule has 0 aliphatic carbocycles. The fourth-order valence-electron chi connectivity index (χ4n) is 7.45. The quantitative estimate of drug-likeness (QED) is 0.238. The summed E-state index contributed by atoms with van der Waals surface area (Å²) in [5.41, 5.74) is 4.09. The van der Waals surface area contributed by atoms with Crippen LogP contribution < -0.4 is 25.8 Å². The second kappa shape index (κ2) is 12.9. The summed E-state index contributed by atoms with van der Waals surface area (Å²) in [5.74, 6) is 1.44. The first-order chi connectivity index (χ1) is 23.5. The van der Waals surface area contributed by atoms with Crippen molar-refractivity contribution in [3.8, 4) is 11.4 Å². The maximum atomic E-state index is 12.8. The van der Waals surface area contributed by atoms with Gasteiger partial charge < -0.3 is 40.5 Å². The second-order valence-corrected chi connectivity index (χ2v) is 13.0. The van der Waals surface area contributed by atoms with Gasteiger partial charge in [0, 0.05) is 61.9 Å². The van der Waals surface area contributed by atoms with Crippen LogP contribution in [0.4, 0.5) is 32.5 Å². The number of nitrogens with zero attached hydrogens (tertiary/aromatic N) is 7. The number of rotatable bonds is 6. The number of carbonyl (C=O) groups is 2. The van der Waals surface area contributed by atoms with Crippen LogP contribution in [0.1, 0.15) is 31.7 Å². The summed E-state index contributed by atoms with van der Waals surface area (Å²) >= 11 is 0. The number of morpholine rings is 1. The fraction of sp³-hybridized carbons (Fsp3) is 0.441. The summed E-state index contributed by atoms with van der Waals surface area (Å²) < 4.78 is 7.84. The minimum atomic E-state index is -0.885. The van der Waals surface area contributed by atoms with Crippen LogP contribution in [0.5, 0.6) is 0 Å². The molecule has 4 aliphatic heterocycles. The van der Waals surface area contributed by atoms with Gasteiger partial charge in [0.05, 0.1) is 42.9 Å². The zero-order valence-corrected chi connectivity index (χ0v) is 26.7. The van der Waals surface area contributed by atoms with Crippen LogP contribution in [0.25, 0.3) is 22.4 Å². The zero-order chi connectivity index (χ0) is 32.6. The van der Waals surface area contributed by atoms with Crippen molar-refractivity contribution in [1.82, 2.24) is 30.0 Å². The normalized spacial score (nSPS) is 21.5. The van der Waals surface area contributed by atoms with Crippen molar-refractivity contribution in [3.63, 3.8) is 0 Å². The van der Waals surface area contributed by atoms with E-state index in [2.05, 4.69) is 25.8 Å². The maximum absolute atomic E-state index is 12.8. The van der Waals surface area contributed by atoms with Gasteiger partial charge in [0.2, 0.25) is 0 Å². The maximum Gasteiger partial charge on any atom is 0.407 e. The molecule has 2 atom stereocenters. The summed E-state index contributed by atoms with van der Waals surface area (Å²) in [6.45, 7) is 6.14. The van der Waals surface area contributed by atoms with Crippen LogP contribution in [0, 0.1) is 0 Å². The number of hydrogen-bond acceptors (Lipinski definition) is 9. The Morgan fingerprint density at radius 3 is 2.10 bits per heavy atom. The summed E-state index contributed by atoms with van der Waals surface area (Å²) in [5, 5.41) is 24.3. The molecule has 250 valence electrons. The van der Waals surface area contributed by atoms with Crippen molar-refractivity contribution in [1.29, 1.82) is 0 Å². The van der Waals surface area contributed by atoms with Crippen LogP contribution in [-0.2, 0) is 4.74 Å². The molecule has 2 unspecified atom stereocenters. The van der Waals surface area contributed by atoms with Crippen molar-refractivity contribution >= 4 is 46.0 Å². The Balaban J connectivity index is 1.02. The molecule has 2 aromatic heterocycles. The van der Waals surface area contributed by atoms with Crippen molar-refractivity contribution in [3.05, 3.63) is 54.7 Å². The highest BCUT2D eigenvalue weighted by Crippen LogP contribution is 2.38. The number of fused-ring (bicyclic) bond motifs is 3. The number of piperidine rings is 1. The van der Waals surface area contributed by atoms with Crippen molar-refractivity contribution in [2.45, 2.75) is 43.8 Å². The molecule has 4 N–H and O–H groups in total. The predicted octanol–water partition coefficient (Wildman–Crippen LogP) is 4.23. The van der Waals surface area contributed by atoms with Gasteiger partial charge in [-0.15, -0.1) is 0 Å². The molecule has 14 heteroatoms. The average molecular weight is 653 g/mol. The molecule has 2 bridgehead atoms. The molecule has 0 radical (unpaired) electrons. The minimum Gasteiger partial charge on any atom is -0.465 e. The predicted molar refractivity (Wildman–Crippen MR) is 183 cm³/mol. The monoisotopic (exact) mass is 652 g/mol. The molecule has 4 aromatic rings. The Morgan fingerprint density at radius 1 is 0.812 bits per heavy atom. The standard InChI is InChI=1S/C34H40N10O4/c45-33(38-24-5-7-25(8-6-24)41-17-13-35-14-18-41)37-23-3-1-22(2-4-23)30-39-31(43-27-9-10-28(43)21-48-20-27)29-19-36-44(32(29)40-30)26-11-15-42(16-12-26)34(46)47/h1-8,19,26-28,35H,9-18,20-21H2,(H,46,47)(H2,37,38,45). The van der Waals surface area contributed by atoms with Gasteiger partial charge >= 0.3 is 12.1 Å². The first-order valence-electron chi connectivity index (χ1n) is 16.8. The number of piperazine rings is 1. The zero-order valence-electron chi connectivity index (χ0n) is 26.7. The van der Waals surface area contributed by atoms with Crippen molar-refractivity contribution < 1.29 is 19.4 Å². The van der Waals surface area contributed by atoms with Gasteiger partial charge in [-0.3, -0.25) is 0 Å². The Labute approximate surface area is 278 Å². The third-order valence-corrected chi connectivity index (χ3v) is 10.0. The highest BCUT2D eigenvalue weighted by atomic mass is 16.5. The van der Waals surface area contributed by atoms with Gasteiger partial charge in [0.15, 0.2) is 11.5 Å². The van der Waals surface area contributed by atoms with E-state index in [1.165, 1.54) is 4.90 Å². The number of hydrogen-bond donors (Lipinski definition) is 4. The first-order valence-corrected chi connectivity index (χ1v) is 16.8. The largest absolute Gasteiger partial charge is 0.465 e. The van der Waals surface area contributed by atoms with Crippen LogP contribution in [0.3, 0.4) is 0 Å². The number of amides is 3. The second-order valence-electron chi connectivity index (χ2n) is 13.0. The average Bonchev–Trinajstić information content (AvgIpc) is 3.65. The summed E-state index contributed by atoms with van der Waals surface area (Å²) in [4.78, 5) is 40.7. The van der Waals surface area contributed by atoms with Crippen LogP contribution >= 0.6 is 0 Å². The number of nitrogens with one attached hydrogen (secondary N) is 3. The molecule has 14 nitrogen and oxygen atoms in total. The number of carboxylic acid groups (broad SMARTS) is 1. The van der Waals surface area contributed by atoms with Crippen LogP contribution in [0.15, 0.2) is 54.7 Å². The lowest BCUT2D eigenvalue weighted by atomic mass is 10.1. The minimum absolute atomic E-state index is 0.0403. The highest BCUT2D eigenvalue weighted by molar-refractivity contribution is 6.00. The van der Waals surface area contributed by atoms with Crippen molar-refractivity contribution in [2.24, 2.45) is 0 Å². The lowest BCUT2D eigenvalue weighted by molar-refractivity contribution is 0.0904. The van der Waals surface area contributed by atoms with E-state index < -0.39 is 6.09 Å². The Hall–Kier alpha value is -4.95. The molecule has 4 saturated heterocycles. The molecule has 8 rings (SSSR count). The molecular formula is C34H40N10O4. The first kappa shape index (κ1) is 30.4. The highest BCUT2D eigenvalue weighted by Gasteiger charge is 2.40. The molecule has 6 heterocycles. The van der Waals surface area contributed by atoms with Gasteiger partial charge in [0.1, 0.15) is 5.82 Å². The molecule has 4 aliphatic rings. The number of ether oxygens (including phenoxy) is 1. The van der Waals surface area contributed by atoms with E-state index >= 15 is 0 Å². The third kappa shape index (κ3) is 5.97. The third-order valence-electron chi connectivity index (χ3n) is 10.0. The Morgan fingerprint density at radius 2 is 1.46 bits per heavy atom. The van der Waals surface area contributed by atoms with Crippen LogP contribution in [-0.4, -0.2) is 106 Å². The molecule has 48 heavy (non-hydrogen) atoms. The summed E-state index contributed by atoms with van der Waals surface area (Å²) in [6, 6.07) is 15.7. The van der Waals surface area contributed by atoms with E-state index in [0.29, 0.717) is 50.7 Å². The lowest BCUT2D eigenvalue weighted by Crippen LogP contribution is -2.46. The number of urea groups is 1. The smallest absolute Gasteiger partial charge is 0.407 e. The molecule has 0 saturated carbocycles. The van der Waals surface area contributed by atoms with E-state index in [1.54, 1.807) is 0 Å². The van der Waals surface area contributed by atoms with E-state index in [1.807, 2.05) is 59.4 Å². The number of likely N-dealkylation sites (tertiary alicyclic amines) is 1. The molecule has 0 spiro atoms. The van der Waals surface area contributed by atoms with E-state index in [4.69, 9.17) is 19.8 Å². The SMILES string of the molecule is O=C(Nc1ccc(-c2nc(N3C4CCC3COC4)c3cnn(C4CCN(C(=O)O)CC4)c3n2)cc1)Nc1ccc(N2CCNCC2)cc1. The fourth-order valence-corrected chi connectivity index (χ4v) is 7.45. The van der Waals surface area contributed by atoms with Gasteiger partial charge in [-0.25, -0.2) is 24.2 Å². The Bertz CT molecular complexity index is 1770. The summed E-state index contributed by atoms with van der Waals surface area (Å²) in [6.07, 6.45) is 4.42. The van der Waals surface area contributed by atoms with Gasteiger partial charge in [0.25, 0.3) is 0 Å². The van der Waals surface area contributed by atoms with E-state index in [-0.39, 0.29) is 24.2 Å². The van der Waals surface area contributed by atoms with Gasteiger partial charge in [-0.2, -0.15) is 5.10 Å². The molecule has 4 fully saturated rings. The van der Waals surface area contributed by atoms with Crippen LogP contribution in [0.2, 0.25) is 0 Å². The number of anilines is 4. The van der Waals surface area contributed by atoms with Gasteiger partial charge in [-0.1, -0.05) is 0 Å². The summed E-state index contributed by atoms with van der Waals surface area (Å²) in [7, 11) is 0. The number of benzene rings is 2. The Kier molecular flexibility index (Phi) is 8.18. The van der Waals surface area contributed by atoms with Crippen molar-refractivity contribution in [2.75, 3.05) is 72.9 Å². The number of aromatic nitrogens is 4. The molecule has 3 amide bonds. The molecule has 2 aromatic carbocycles.